The normalized spacial score (nSPS) is 24.4. The monoisotopic (exact) mass is 538 g/mol. The Morgan fingerprint density at radius 3 is 2.44 bits per heavy atom. The van der Waals surface area contributed by atoms with Gasteiger partial charge in [-0.25, -0.2) is 0 Å². The molecule has 3 aliphatic heterocycles. The van der Waals surface area contributed by atoms with Crippen molar-refractivity contribution in [2.24, 2.45) is 5.41 Å². The Morgan fingerprint density at radius 1 is 0.872 bits per heavy atom. The molecule has 2 aromatic rings. The molecule has 0 unspecified atom stereocenters. The van der Waals surface area contributed by atoms with E-state index in [2.05, 4.69) is 17.0 Å². The molecule has 1 spiro atoms. The molecule has 5 rings (SSSR count). The Bertz CT molecular complexity index is 1130. The SMILES string of the molecule is O=C(c1ccc2c(c1)OCO2)N1CCCCC2(CCN(Cc3ccccc3)CC2)C(=O)OC[C@@H](O)[C@@H](O)CC1. The van der Waals surface area contributed by atoms with Crippen molar-refractivity contribution >= 4 is 11.9 Å². The topological polar surface area (TPSA) is 109 Å². The lowest BCUT2D eigenvalue weighted by Crippen LogP contribution is -2.45. The van der Waals surface area contributed by atoms with E-state index in [-0.39, 0.29) is 38.2 Å². The summed E-state index contributed by atoms with van der Waals surface area (Å²) in [6.07, 6.45) is 1.35. The smallest absolute Gasteiger partial charge is 0.312 e. The van der Waals surface area contributed by atoms with Crippen LogP contribution in [0.4, 0.5) is 0 Å². The van der Waals surface area contributed by atoms with Crippen LogP contribution in [0.1, 0.15) is 54.4 Å². The standard InChI is InChI=1S/C30H38N2O7/c33-24-10-15-32(28(35)23-8-9-26-27(18-23)39-21-38-26)14-5-4-11-30(29(36)37-20-25(24)34)12-16-31(17-13-30)19-22-6-2-1-3-7-22/h1-3,6-9,18,24-25,33-34H,4-5,10-17,19-21H2/t24-,25+/m0/s1. The second kappa shape index (κ2) is 12.4. The Hall–Kier alpha value is -3.14. The van der Waals surface area contributed by atoms with E-state index in [1.54, 1.807) is 23.1 Å². The number of likely N-dealkylation sites (tertiary alicyclic amines) is 1. The van der Waals surface area contributed by atoms with Gasteiger partial charge in [-0.2, -0.15) is 0 Å². The van der Waals surface area contributed by atoms with Crippen LogP contribution in [0, 0.1) is 5.41 Å². The molecule has 2 saturated heterocycles. The number of amides is 1. The summed E-state index contributed by atoms with van der Waals surface area (Å²) in [5.41, 5.74) is 1.10. The van der Waals surface area contributed by atoms with Crippen LogP contribution < -0.4 is 9.47 Å². The highest BCUT2D eigenvalue weighted by Gasteiger charge is 2.42. The zero-order chi connectivity index (χ0) is 27.2. The second-order valence-electron chi connectivity index (χ2n) is 10.9. The average Bonchev–Trinajstić information content (AvgIpc) is 3.44. The van der Waals surface area contributed by atoms with Gasteiger partial charge in [-0.3, -0.25) is 14.5 Å². The average molecular weight is 539 g/mol. The molecule has 0 saturated carbocycles. The fraction of sp³-hybridized carbons (Fsp3) is 0.533. The summed E-state index contributed by atoms with van der Waals surface area (Å²) in [4.78, 5) is 30.8. The number of hydrogen-bond donors (Lipinski definition) is 2. The Kier molecular flexibility index (Phi) is 8.69. The van der Waals surface area contributed by atoms with Crippen molar-refractivity contribution in [3.05, 3.63) is 59.7 Å². The Labute approximate surface area is 229 Å². The number of aliphatic hydroxyl groups is 2. The van der Waals surface area contributed by atoms with Gasteiger partial charge in [0, 0.05) is 25.2 Å². The lowest BCUT2D eigenvalue weighted by Gasteiger charge is -2.40. The molecule has 0 aliphatic carbocycles. The first kappa shape index (κ1) is 27.4. The largest absolute Gasteiger partial charge is 0.462 e. The first-order chi connectivity index (χ1) is 18.9. The first-order valence-corrected chi connectivity index (χ1v) is 13.9. The van der Waals surface area contributed by atoms with Crippen molar-refractivity contribution in [3.63, 3.8) is 0 Å². The number of benzene rings is 2. The van der Waals surface area contributed by atoms with Gasteiger partial charge in [0.2, 0.25) is 6.79 Å². The van der Waals surface area contributed by atoms with Crippen LogP contribution in [0.15, 0.2) is 48.5 Å². The van der Waals surface area contributed by atoms with E-state index in [1.165, 1.54) is 5.56 Å². The molecule has 3 heterocycles. The third-order valence-corrected chi connectivity index (χ3v) is 8.26. The zero-order valence-electron chi connectivity index (χ0n) is 22.3. The molecule has 0 radical (unpaired) electrons. The summed E-state index contributed by atoms with van der Waals surface area (Å²) < 4.78 is 16.4. The maximum atomic E-state index is 13.4. The van der Waals surface area contributed by atoms with Crippen molar-refractivity contribution < 1.29 is 34.0 Å². The number of esters is 1. The van der Waals surface area contributed by atoms with Crippen LogP contribution in [0.5, 0.6) is 11.5 Å². The van der Waals surface area contributed by atoms with Crippen LogP contribution in [0.2, 0.25) is 0 Å². The summed E-state index contributed by atoms with van der Waals surface area (Å²) in [7, 11) is 0. The molecule has 2 aromatic carbocycles. The van der Waals surface area contributed by atoms with Crippen molar-refractivity contribution in [3.8, 4) is 11.5 Å². The Morgan fingerprint density at radius 2 is 1.64 bits per heavy atom. The summed E-state index contributed by atoms with van der Waals surface area (Å²) in [5, 5.41) is 21.1. The number of rotatable bonds is 3. The van der Waals surface area contributed by atoms with Crippen LogP contribution in [0.3, 0.4) is 0 Å². The zero-order valence-corrected chi connectivity index (χ0v) is 22.3. The van der Waals surface area contributed by atoms with E-state index in [0.29, 0.717) is 42.9 Å². The van der Waals surface area contributed by atoms with Gasteiger partial charge < -0.3 is 29.3 Å². The molecular weight excluding hydrogens is 500 g/mol. The number of aliphatic hydroxyl groups excluding tert-OH is 2. The summed E-state index contributed by atoms with van der Waals surface area (Å²) in [6.45, 7) is 3.04. The maximum absolute atomic E-state index is 13.4. The van der Waals surface area contributed by atoms with Crippen LogP contribution in [0.25, 0.3) is 0 Å². The van der Waals surface area contributed by atoms with E-state index in [9.17, 15) is 19.8 Å². The van der Waals surface area contributed by atoms with Gasteiger partial charge in [-0.15, -0.1) is 0 Å². The van der Waals surface area contributed by atoms with Crippen molar-refractivity contribution in [2.75, 3.05) is 39.6 Å². The van der Waals surface area contributed by atoms with Crippen LogP contribution >= 0.6 is 0 Å². The maximum Gasteiger partial charge on any atom is 0.312 e. The van der Waals surface area contributed by atoms with E-state index >= 15 is 0 Å². The predicted octanol–water partition coefficient (Wildman–Crippen LogP) is 2.98. The molecule has 9 nitrogen and oxygen atoms in total. The lowest BCUT2D eigenvalue weighted by molar-refractivity contribution is -0.165. The number of hydrogen-bond acceptors (Lipinski definition) is 8. The summed E-state index contributed by atoms with van der Waals surface area (Å²) in [5.74, 6) is 0.694. The molecule has 3 aliphatic rings. The molecule has 39 heavy (non-hydrogen) atoms. The highest BCUT2D eigenvalue weighted by Crippen LogP contribution is 2.39. The molecule has 210 valence electrons. The quantitative estimate of drug-likeness (QED) is 0.575. The molecule has 2 atom stereocenters. The molecule has 1 amide bonds. The minimum Gasteiger partial charge on any atom is -0.462 e. The fourth-order valence-corrected chi connectivity index (χ4v) is 5.74. The number of carbonyl (C=O) groups excluding carboxylic acids is 2. The number of fused-ring (bicyclic) bond motifs is 1. The molecule has 0 aromatic heterocycles. The van der Waals surface area contributed by atoms with Gasteiger partial charge in [0.05, 0.1) is 11.5 Å². The predicted molar refractivity (Wildman–Crippen MR) is 143 cm³/mol. The van der Waals surface area contributed by atoms with Crippen molar-refractivity contribution in [1.82, 2.24) is 9.80 Å². The minimum absolute atomic E-state index is 0.132. The third-order valence-electron chi connectivity index (χ3n) is 8.26. The molecule has 9 heteroatoms. The molecule has 2 fully saturated rings. The first-order valence-electron chi connectivity index (χ1n) is 13.9. The van der Waals surface area contributed by atoms with E-state index in [1.807, 2.05) is 18.2 Å². The molecule has 2 N–H and O–H groups in total. The Balaban J connectivity index is 1.25. The third kappa shape index (κ3) is 6.54. The highest BCUT2D eigenvalue weighted by atomic mass is 16.7. The molecule has 0 bridgehead atoms. The van der Waals surface area contributed by atoms with Gasteiger partial charge in [-0.1, -0.05) is 36.8 Å². The van der Waals surface area contributed by atoms with Crippen LogP contribution in [-0.2, 0) is 16.1 Å². The fourth-order valence-electron chi connectivity index (χ4n) is 5.74. The number of carbonyl (C=O) groups is 2. The number of piperidine rings is 1. The molecular formula is C30H38N2O7. The van der Waals surface area contributed by atoms with Crippen molar-refractivity contribution in [2.45, 2.75) is 57.3 Å². The number of cyclic esters (lactones) is 1. The van der Waals surface area contributed by atoms with Crippen LogP contribution in [-0.4, -0.2) is 83.7 Å². The number of nitrogens with zero attached hydrogens (tertiary/aromatic N) is 2. The van der Waals surface area contributed by atoms with E-state index < -0.39 is 17.6 Å². The lowest BCUT2D eigenvalue weighted by atomic mass is 9.74. The minimum atomic E-state index is -1.22. The summed E-state index contributed by atoms with van der Waals surface area (Å²) in [6, 6.07) is 15.4. The summed E-state index contributed by atoms with van der Waals surface area (Å²) >= 11 is 0. The van der Waals surface area contributed by atoms with Crippen molar-refractivity contribution in [1.29, 1.82) is 0 Å². The second-order valence-corrected chi connectivity index (χ2v) is 10.9. The van der Waals surface area contributed by atoms with Gasteiger partial charge in [0.25, 0.3) is 5.91 Å². The van der Waals surface area contributed by atoms with E-state index in [4.69, 9.17) is 14.2 Å². The number of ether oxygens (including phenoxy) is 3. The van der Waals surface area contributed by atoms with Gasteiger partial charge >= 0.3 is 5.97 Å². The van der Waals surface area contributed by atoms with Gasteiger partial charge in [-0.05, 0) is 69.0 Å². The van der Waals surface area contributed by atoms with Gasteiger partial charge in [0.1, 0.15) is 12.7 Å². The van der Waals surface area contributed by atoms with Gasteiger partial charge in [0.15, 0.2) is 11.5 Å². The van der Waals surface area contributed by atoms with E-state index in [0.717, 1.165) is 32.5 Å². The highest BCUT2D eigenvalue weighted by molar-refractivity contribution is 5.95.